The highest BCUT2D eigenvalue weighted by atomic mass is 16.3. The fraction of sp³-hybridized carbons (Fsp3) is 0. The number of hydrogen-bond donors (Lipinski definition) is 4. The average molecular weight is 300 g/mol. The van der Waals surface area contributed by atoms with E-state index in [1.807, 2.05) is 5.43 Å². The number of aromatic nitrogens is 1. The molecule has 1 aromatic carbocycles. The Morgan fingerprint density at radius 3 is 2.27 bits per heavy atom. The number of amides is 3. The number of benzene rings is 1. The number of carbonyl (C=O) groups excluding carboxylic acids is 3. The van der Waals surface area contributed by atoms with Gasteiger partial charge in [-0.15, -0.1) is 0 Å². The third-order valence-corrected chi connectivity index (χ3v) is 2.59. The number of phenols is 1. The van der Waals surface area contributed by atoms with Crippen LogP contribution in [0.1, 0.15) is 10.4 Å². The zero-order valence-corrected chi connectivity index (χ0v) is 11.2. The van der Waals surface area contributed by atoms with Crippen molar-refractivity contribution >= 4 is 23.4 Å². The number of rotatable bonds is 2. The van der Waals surface area contributed by atoms with Crippen molar-refractivity contribution in [2.24, 2.45) is 0 Å². The maximum Gasteiger partial charge on any atom is 0.328 e. The maximum absolute atomic E-state index is 11.7. The van der Waals surface area contributed by atoms with Crippen molar-refractivity contribution in [1.29, 1.82) is 0 Å². The smallest absolute Gasteiger partial charge is 0.328 e. The quantitative estimate of drug-likeness (QED) is 0.358. The minimum Gasteiger partial charge on any atom is -0.506 e. The molecule has 0 atom stereocenters. The third-order valence-electron chi connectivity index (χ3n) is 2.59. The summed E-state index contributed by atoms with van der Waals surface area (Å²) in [5.41, 5.74) is 4.42. The van der Waals surface area contributed by atoms with E-state index in [0.717, 1.165) is 0 Å². The van der Waals surface area contributed by atoms with E-state index in [2.05, 4.69) is 15.7 Å². The Labute approximate surface area is 125 Å². The monoisotopic (exact) mass is 300 g/mol. The van der Waals surface area contributed by atoms with Gasteiger partial charge in [0.1, 0.15) is 5.75 Å². The predicted octanol–water partition coefficient (Wildman–Crippen LogP) is 0.187. The number of pyridine rings is 1. The van der Waals surface area contributed by atoms with Crippen LogP contribution < -0.4 is 16.2 Å². The zero-order chi connectivity index (χ0) is 15.9. The molecule has 0 aliphatic rings. The maximum atomic E-state index is 11.7. The normalized spacial score (nSPS) is 9.64. The second kappa shape index (κ2) is 6.84. The van der Waals surface area contributed by atoms with Crippen LogP contribution in [-0.2, 0) is 9.59 Å². The third kappa shape index (κ3) is 3.79. The van der Waals surface area contributed by atoms with Crippen LogP contribution in [0.5, 0.6) is 5.75 Å². The first-order chi connectivity index (χ1) is 10.6. The standard InChI is InChI=1S/C14H12N4O4/c19-11-4-2-1-3-10(11)16-13(21)14(22)18-17-12(20)9-5-7-15-8-6-9/h1-8,19H,(H,16,21)(H,17,20)(H,18,22). The number of phenolic OH excluding ortho intramolecular Hbond substituents is 1. The lowest BCUT2D eigenvalue weighted by Crippen LogP contribution is -2.46. The second-order valence-corrected chi connectivity index (χ2v) is 4.12. The van der Waals surface area contributed by atoms with Crippen molar-refractivity contribution in [3.05, 3.63) is 54.4 Å². The largest absolute Gasteiger partial charge is 0.506 e. The Kier molecular flexibility index (Phi) is 4.66. The van der Waals surface area contributed by atoms with E-state index in [1.165, 1.54) is 36.7 Å². The van der Waals surface area contributed by atoms with Crippen molar-refractivity contribution in [3.8, 4) is 5.75 Å². The minimum atomic E-state index is -1.08. The lowest BCUT2D eigenvalue weighted by atomic mass is 10.2. The van der Waals surface area contributed by atoms with Crippen molar-refractivity contribution in [2.75, 3.05) is 5.32 Å². The summed E-state index contributed by atoms with van der Waals surface area (Å²) in [6.45, 7) is 0. The molecule has 0 unspecified atom stereocenters. The summed E-state index contributed by atoms with van der Waals surface area (Å²) >= 11 is 0. The van der Waals surface area contributed by atoms with Crippen LogP contribution in [0.3, 0.4) is 0 Å². The number of carbonyl (C=O) groups is 3. The van der Waals surface area contributed by atoms with Gasteiger partial charge in [-0.25, -0.2) is 0 Å². The highest BCUT2D eigenvalue weighted by Gasteiger charge is 2.16. The Hall–Kier alpha value is -3.42. The van der Waals surface area contributed by atoms with Gasteiger partial charge in [-0.1, -0.05) is 12.1 Å². The highest BCUT2D eigenvalue weighted by molar-refractivity contribution is 6.39. The molecule has 0 aliphatic heterocycles. The van der Waals surface area contributed by atoms with Gasteiger partial charge in [-0.05, 0) is 24.3 Å². The molecular formula is C14H12N4O4. The topological polar surface area (TPSA) is 120 Å². The van der Waals surface area contributed by atoms with Gasteiger partial charge >= 0.3 is 11.8 Å². The molecule has 22 heavy (non-hydrogen) atoms. The van der Waals surface area contributed by atoms with Crippen LogP contribution in [0.25, 0.3) is 0 Å². The summed E-state index contributed by atoms with van der Waals surface area (Å²) in [6, 6.07) is 8.83. The molecule has 1 heterocycles. The SMILES string of the molecule is O=C(NNC(=O)c1ccncc1)C(=O)Nc1ccccc1O. The van der Waals surface area contributed by atoms with Crippen molar-refractivity contribution < 1.29 is 19.5 Å². The van der Waals surface area contributed by atoms with Gasteiger partial charge in [-0.2, -0.15) is 0 Å². The van der Waals surface area contributed by atoms with Gasteiger partial charge in [-0.3, -0.25) is 30.2 Å². The lowest BCUT2D eigenvalue weighted by Gasteiger charge is -2.08. The molecule has 0 spiro atoms. The van der Waals surface area contributed by atoms with Gasteiger partial charge in [0.2, 0.25) is 0 Å². The Balaban J connectivity index is 1.88. The van der Waals surface area contributed by atoms with E-state index in [1.54, 1.807) is 12.1 Å². The molecule has 112 valence electrons. The molecule has 4 N–H and O–H groups in total. The summed E-state index contributed by atoms with van der Waals surface area (Å²) in [5.74, 6) is -2.88. The molecule has 2 aromatic rings. The molecule has 2 rings (SSSR count). The number of nitrogens with zero attached hydrogens (tertiary/aromatic N) is 1. The van der Waals surface area contributed by atoms with Gasteiger partial charge in [0.15, 0.2) is 0 Å². The number of aromatic hydroxyl groups is 1. The zero-order valence-electron chi connectivity index (χ0n) is 11.2. The Morgan fingerprint density at radius 2 is 1.59 bits per heavy atom. The number of nitrogens with one attached hydrogen (secondary N) is 3. The summed E-state index contributed by atoms with van der Waals surface area (Å²) in [6.07, 6.45) is 2.84. The van der Waals surface area contributed by atoms with Crippen molar-refractivity contribution in [1.82, 2.24) is 15.8 Å². The number of hydrogen-bond acceptors (Lipinski definition) is 5. The summed E-state index contributed by atoms with van der Waals surface area (Å²) in [4.78, 5) is 38.6. The van der Waals surface area contributed by atoms with Gasteiger partial charge < -0.3 is 10.4 Å². The average Bonchev–Trinajstić information content (AvgIpc) is 2.55. The van der Waals surface area contributed by atoms with E-state index in [4.69, 9.17) is 0 Å². The van der Waals surface area contributed by atoms with Gasteiger partial charge in [0.25, 0.3) is 5.91 Å². The fourth-order valence-electron chi connectivity index (χ4n) is 1.50. The van der Waals surface area contributed by atoms with Crippen LogP contribution in [0.2, 0.25) is 0 Å². The second-order valence-electron chi connectivity index (χ2n) is 4.12. The van der Waals surface area contributed by atoms with Crippen LogP contribution >= 0.6 is 0 Å². The van der Waals surface area contributed by atoms with Crippen LogP contribution in [0.15, 0.2) is 48.8 Å². The lowest BCUT2D eigenvalue weighted by molar-refractivity contribution is -0.136. The van der Waals surface area contributed by atoms with E-state index < -0.39 is 17.7 Å². The highest BCUT2D eigenvalue weighted by Crippen LogP contribution is 2.21. The Morgan fingerprint density at radius 1 is 0.909 bits per heavy atom. The summed E-state index contributed by atoms with van der Waals surface area (Å²) < 4.78 is 0. The molecule has 0 aliphatic carbocycles. The first-order valence-corrected chi connectivity index (χ1v) is 6.17. The molecule has 0 saturated carbocycles. The van der Waals surface area contributed by atoms with Crippen LogP contribution in [-0.4, -0.2) is 27.8 Å². The van der Waals surface area contributed by atoms with Gasteiger partial charge in [0, 0.05) is 18.0 Å². The minimum absolute atomic E-state index is 0.0862. The molecular weight excluding hydrogens is 288 g/mol. The van der Waals surface area contributed by atoms with E-state index in [0.29, 0.717) is 0 Å². The molecule has 1 aromatic heterocycles. The van der Waals surface area contributed by atoms with Crippen molar-refractivity contribution in [2.45, 2.75) is 0 Å². The molecule has 0 radical (unpaired) electrons. The molecule has 8 heteroatoms. The first-order valence-electron chi connectivity index (χ1n) is 6.17. The fourth-order valence-corrected chi connectivity index (χ4v) is 1.50. The Bertz CT molecular complexity index is 703. The van der Waals surface area contributed by atoms with E-state index in [9.17, 15) is 19.5 Å². The number of hydrazine groups is 1. The molecule has 0 saturated heterocycles. The van der Waals surface area contributed by atoms with Crippen LogP contribution in [0, 0.1) is 0 Å². The van der Waals surface area contributed by atoms with Crippen molar-refractivity contribution in [3.63, 3.8) is 0 Å². The van der Waals surface area contributed by atoms with E-state index >= 15 is 0 Å². The van der Waals surface area contributed by atoms with Crippen LogP contribution in [0.4, 0.5) is 5.69 Å². The number of anilines is 1. The molecule has 8 nitrogen and oxygen atoms in total. The number of para-hydroxylation sites is 2. The molecule has 3 amide bonds. The molecule has 0 bridgehead atoms. The summed E-state index contributed by atoms with van der Waals surface area (Å²) in [5, 5.41) is 11.7. The predicted molar refractivity (Wildman–Crippen MR) is 76.6 cm³/mol. The van der Waals surface area contributed by atoms with Gasteiger partial charge in [0.05, 0.1) is 5.69 Å². The molecule has 0 fully saturated rings. The van der Waals surface area contributed by atoms with E-state index in [-0.39, 0.29) is 17.0 Å². The first kappa shape index (κ1) is 15.0. The summed E-state index contributed by atoms with van der Waals surface area (Å²) in [7, 11) is 0.